The number of carbonyl (C=O) groups excluding carboxylic acids is 2. The highest BCUT2D eigenvalue weighted by molar-refractivity contribution is 8.01. The van der Waals surface area contributed by atoms with E-state index in [9.17, 15) is 14.0 Å². The number of hydrogen-bond donors (Lipinski definition) is 0. The lowest BCUT2D eigenvalue weighted by molar-refractivity contribution is -0.116. The highest BCUT2D eigenvalue weighted by Gasteiger charge is 2.43. The average molecular weight is 337 g/mol. The zero-order chi connectivity index (χ0) is 15.1. The van der Waals surface area contributed by atoms with Gasteiger partial charge in [-0.1, -0.05) is 41.4 Å². The SMILES string of the molecule is Cc1cccc(C)c1N1C(=O)CN(SC(F)(Cl)Cl)C1=O. The summed E-state index contributed by atoms with van der Waals surface area (Å²) in [6.45, 7) is 3.31. The summed E-state index contributed by atoms with van der Waals surface area (Å²) in [5.74, 6) is -0.447. The summed E-state index contributed by atoms with van der Waals surface area (Å²) in [4.78, 5) is 25.3. The Hall–Kier alpha value is -0.980. The van der Waals surface area contributed by atoms with Gasteiger partial charge in [-0.15, -0.1) is 0 Å². The van der Waals surface area contributed by atoms with E-state index in [0.717, 1.165) is 20.3 Å². The molecule has 1 aromatic rings. The van der Waals surface area contributed by atoms with Crippen molar-refractivity contribution in [1.29, 1.82) is 0 Å². The normalized spacial score (nSPS) is 16.2. The van der Waals surface area contributed by atoms with Crippen molar-refractivity contribution in [1.82, 2.24) is 4.31 Å². The van der Waals surface area contributed by atoms with Gasteiger partial charge in [0.05, 0.1) is 5.69 Å². The van der Waals surface area contributed by atoms with E-state index in [-0.39, 0.29) is 18.5 Å². The zero-order valence-electron chi connectivity index (χ0n) is 10.7. The number of halogens is 3. The summed E-state index contributed by atoms with van der Waals surface area (Å²) in [7, 11) is 0. The molecule has 3 amide bonds. The molecule has 2 rings (SSSR count). The van der Waals surface area contributed by atoms with Crippen molar-refractivity contribution in [3.8, 4) is 0 Å². The van der Waals surface area contributed by atoms with Crippen LogP contribution in [0, 0.1) is 13.8 Å². The molecule has 1 saturated heterocycles. The van der Waals surface area contributed by atoms with Gasteiger partial charge in [-0.3, -0.25) is 9.10 Å². The van der Waals surface area contributed by atoms with Crippen LogP contribution < -0.4 is 4.90 Å². The lowest BCUT2D eigenvalue weighted by Gasteiger charge is -2.21. The third kappa shape index (κ3) is 3.02. The highest BCUT2D eigenvalue weighted by atomic mass is 35.5. The predicted octanol–water partition coefficient (Wildman–Crippen LogP) is 3.78. The third-order valence-electron chi connectivity index (χ3n) is 2.81. The molecule has 0 spiro atoms. The standard InChI is InChI=1S/C12H11Cl2FN2O2S/c1-7-4-3-5-8(2)10(7)17-9(18)6-16(11(17)19)20-12(13,14)15/h3-5H,6H2,1-2H3. The van der Waals surface area contributed by atoms with Crippen molar-refractivity contribution in [2.24, 2.45) is 0 Å². The van der Waals surface area contributed by atoms with Crippen LogP contribution in [-0.2, 0) is 4.79 Å². The van der Waals surface area contributed by atoms with Crippen LogP contribution in [0.2, 0.25) is 0 Å². The van der Waals surface area contributed by atoms with Crippen LogP contribution in [-0.4, -0.2) is 26.7 Å². The van der Waals surface area contributed by atoms with E-state index in [1.54, 1.807) is 26.0 Å². The van der Waals surface area contributed by atoms with Gasteiger partial charge >= 0.3 is 9.95 Å². The van der Waals surface area contributed by atoms with Gasteiger partial charge in [-0.2, -0.15) is 4.39 Å². The Balaban J connectivity index is 2.35. The molecule has 0 radical (unpaired) electrons. The number of rotatable bonds is 3. The molecule has 0 atom stereocenters. The number of hydrogen-bond acceptors (Lipinski definition) is 3. The van der Waals surface area contributed by atoms with E-state index >= 15 is 0 Å². The van der Waals surface area contributed by atoms with Gasteiger partial charge < -0.3 is 0 Å². The number of benzene rings is 1. The first-order valence-corrected chi connectivity index (χ1v) is 7.20. The summed E-state index contributed by atoms with van der Waals surface area (Å²) < 4.78 is 11.5. The number of anilines is 1. The lowest BCUT2D eigenvalue weighted by atomic mass is 10.1. The summed E-state index contributed by atoms with van der Waals surface area (Å²) in [5.41, 5.74) is 2.07. The van der Waals surface area contributed by atoms with E-state index in [2.05, 4.69) is 0 Å². The summed E-state index contributed by atoms with van der Waals surface area (Å²) in [6, 6.07) is 4.76. The maximum Gasteiger partial charge on any atom is 0.342 e. The van der Waals surface area contributed by atoms with Crippen molar-refractivity contribution < 1.29 is 14.0 Å². The summed E-state index contributed by atoms with van der Waals surface area (Å²) >= 11 is 10.7. The Morgan fingerprint density at radius 3 is 2.30 bits per heavy atom. The molecule has 1 heterocycles. The fourth-order valence-electron chi connectivity index (χ4n) is 2.05. The topological polar surface area (TPSA) is 40.6 Å². The van der Waals surface area contributed by atoms with Gasteiger partial charge in [0.2, 0.25) is 0 Å². The molecule has 4 nitrogen and oxygen atoms in total. The van der Waals surface area contributed by atoms with Gasteiger partial charge in [0, 0.05) is 11.9 Å². The van der Waals surface area contributed by atoms with Crippen molar-refractivity contribution >= 4 is 52.8 Å². The maximum atomic E-state index is 13.2. The number of carbonyl (C=O) groups is 2. The molecule has 8 heteroatoms. The number of imide groups is 1. The third-order valence-corrected chi connectivity index (χ3v) is 3.94. The number of amides is 3. The van der Waals surface area contributed by atoms with Gasteiger partial charge in [-0.05, 0) is 25.0 Å². The second-order valence-electron chi connectivity index (χ2n) is 4.33. The second kappa shape index (κ2) is 5.42. The van der Waals surface area contributed by atoms with Crippen molar-refractivity contribution in [3.63, 3.8) is 0 Å². The molecule has 1 fully saturated rings. The number of nitrogens with zero attached hydrogens (tertiary/aromatic N) is 2. The smallest absolute Gasteiger partial charge is 0.272 e. The lowest BCUT2D eigenvalue weighted by Crippen LogP contribution is -2.32. The van der Waals surface area contributed by atoms with Crippen LogP contribution in [0.3, 0.4) is 0 Å². The maximum absolute atomic E-state index is 13.2. The van der Waals surface area contributed by atoms with E-state index in [0.29, 0.717) is 5.69 Å². The van der Waals surface area contributed by atoms with E-state index < -0.39 is 15.9 Å². The largest absolute Gasteiger partial charge is 0.342 e. The summed E-state index contributed by atoms with van der Waals surface area (Å²) in [6.07, 6.45) is 0. The molecular formula is C12H11Cl2FN2O2S. The monoisotopic (exact) mass is 336 g/mol. The Kier molecular flexibility index (Phi) is 4.18. The van der Waals surface area contributed by atoms with Crippen molar-refractivity contribution in [3.05, 3.63) is 29.3 Å². The van der Waals surface area contributed by atoms with Crippen LogP contribution >= 0.6 is 35.1 Å². The minimum atomic E-state index is -2.66. The minimum Gasteiger partial charge on any atom is -0.272 e. The van der Waals surface area contributed by atoms with Crippen LogP contribution in [0.15, 0.2) is 18.2 Å². The van der Waals surface area contributed by atoms with Crippen LogP contribution in [0.1, 0.15) is 11.1 Å². The molecule has 0 aromatic heterocycles. The Morgan fingerprint density at radius 2 is 1.80 bits per heavy atom. The van der Waals surface area contributed by atoms with Crippen LogP contribution in [0.5, 0.6) is 0 Å². The van der Waals surface area contributed by atoms with Crippen LogP contribution in [0.4, 0.5) is 14.9 Å². The average Bonchev–Trinajstić information content (AvgIpc) is 2.54. The Morgan fingerprint density at radius 1 is 1.25 bits per heavy atom. The minimum absolute atomic E-state index is 0.272. The molecule has 1 aliphatic rings. The van der Waals surface area contributed by atoms with Gasteiger partial charge in [0.15, 0.2) is 0 Å². The molecular weight excluding hydrogens is 326 g/mol. The molecule has 0 unspecified atom stereocenters. The molecule has 0 N–H and O–H groups in total. The first-order chi connectivity index (χ1) is 9.20. The quantitative estimate of drug-likeness (QED) is 0.479. The molecule has 1 aromatic carbocycles. The first kappa shape index (κ1) is 15.4. The molecule has 20 heavy (non-hydrogen) atoms. The molecule has 0 bridgehead atoms. The van der Waals surface area contributed by atoms with Gasteiger partial charge in [-0.25, -0.2) is 9.69 Å². The highest BCUT2D eigenvalue weighted by Crippen LogP contribution is 2.41. The van der Waals surface area contributed by atoms with Crippen LogP contribution in [0.25, 0.3) is 0 Å². The fraction of sp³-hybridized carbons (Fsp3) is 0.333. The Labute approximate surface area is 129 Å². The van der Waals surface area contributed by atoms with E-state index in [4.69, 9.17) is 23.2 Å². The number of alkyl halides is 3. The number of aryl methyl sites for hydroxylation is 2. The molecule has 108 valence electrons. The molecule has 0 saturated carbocycles. The summed E-state index contributed by atoms with van der Waals surface area (Å²) in [5, 5.41) is 0. The molecule has 0 aliphatic carbocycles. The van der Waals surface area contributed by atoms with E-state index in [1.807, 2.05) is 6.07 Å². The number of urea groups is 1. The number of para-hydroxylation sites is 1. The van der Waals surface area contributed by atoms with Gasteiger partial charge in [0.1, 0.15) is 6.54 Å². The Bertz CT molecular complexity index is 557. The first-order valence-electron chi connectivity index (χ1n) is 5.67. The van der Waals surface area contributed by atoms with Crippen molar-refractivity contribution in [2.75, 3.05) is 11.4 Å². The van der Waals surface area contributed by atoms with E-state index in [1.165, 1.54) is 0 Å². The predicted molar refractivity (Wildman–Crippen MR) is 78.6 cm³/mol. The van der Waals surface area contributed by atoms with Crippen molar-refractivity contribution in [2.45, 2.75) is 17.8 Å². The fourth-order valence-corrected chi connectivity index (χ4v) is 3.14. The van der Waals surface area contributed by atoms with Gasteiger partial charge in [0.25, 0.3) is 5.91 Å². The zero-order valence-corrected chi connectivity index (χ0v) is 13.0. The molecule has 1 aliphatic heterocycles. The second-order valence-corrected chi connectivity index (χ2v) is 7.20.